The van der Waals surface area contributed by atoms with Crippen LogP contribution in [0.25, 0.3) is 0 Å². The zero-order valence-electron chi connectivity index (χ0n) is 21.1. The smallest absolute Gasteiger partial charge is 0.416 e. The van der Waals surface area contributed by atoms with Gasteiger partial charge in [0.15, 0.2) is 0 Å². The second-order valence-corrected chi connectivity index (χ2v) is 8.13. The number of benzene rings is 1. The van der Waals surface area contributed by atoms with Crippen LogP contribution in [0.4, 0.5) is 13.2 Å². The molecule has 8 heteroatoms. The zero-order chi connectivity index (χ0) is 26.8. The van der Waals surface area contributed by atoms with E-state index in [4.69, 9.17) is 0 Å². The fraction of sp³-hybridized carbons (Fsp3) is 0.370. The number of hydrazone groups is 1. The lowest BCUT2D eigenvalue weighted by Gasteiger charge is -2.20. The minimum Gasteiger partial charge on any atom is -0.478 e. The molecule has 0 heterocycles. The van der Waals surface area contributed by atoms with E-state index in [1.54, 1.807) is 26.0 Å². The Morgan fingerprint density at radius 2 is 1.91 bits per heavy atom. The number of aliphatic imine (C=N–C) groups is 1. The molecular weight excluding hydrogens is 455 g/mol. The number of alkyl halides is 3. The maximum atomic E-state index is 13.4. The van der Waals surface area contributed by atoms with E-state index >= 15 is 0 Å². The number of hydrogen-bond donors (Lipinski definition) is 1. The van der Waals surface area contributed by atoms with Crippen molar-refractivity contribution in [2.24, 2.45) is 16.0 Å². The van der Waals surface area contributed by atoms with Crippen molar-refractivity contribution in [3.63, 3.8) is 0 Å². The monoisotopic (exact) mass is 489 g/mol. The molecule has 1 aromatic rings. The summed E-state index contributed by atoms with van der Waals surface area (Å²) in [5, 5.41) is 15.7. The molecule has 1 N–H and O–H groups in total. The molecule has 1 aromatic carbocycles. The molecule has 0 saturated carbocycles. The van der Waals surface area contributed by atoms with Crippen LogP contribution in [0.1, 0.15) is 64.2 Å². The maximum Gasteiger partial charge on any atom is 0.416 e. The summed E-state index contributed by atoms with van der Waals surface area (Å²) in [6, 6.07) is 3.78. The van der Waals surface area contributed by atoms with Crippen molar-refractivity contribution in [2.75, 3.05) is 0 Å². The number of carboxylic acid groups (broad SMARTS) is 1. The Hall–Kier alpha value is -3.42. The first kappa shape index (κ1) is 29.6. The predicted octanol–water partition coefficient (Wildman–Crippen LogP) is 7.51. The highest BCUT2D eigenvalue weighted by Crippen LogP contribution is 2.31. The lowest BCUT2D eigenvalue weighted by atomic mass is 9.93. The van der Waals surface area contributed by atoms with Crippen molar-refractivity contribution in [3.8, 4) is 0 Å². The van der Waals surface area contributed by atoms with Gasteiger partial charge in [-0.25, -0.2) is 9.80 Å². The molecule has 0 aliphatic heterocycles. The SMILES string of the molecule is C=CN(\C=C(C(=O)O)/C(/C=C(\C)CC)=C/N=CC)/N=C(/c1cc(C)cc(C(F)(F)F)c1)C(C)CC. The van der Waals surface area contributed by atoms with Crippen LogP contribution < -0.4 is 0 Å². The molecule has 0 aliphatic rings. The third kappa shape index (κ3) is 9.03. The standard InChI is InChI=1S/C27H34F3N3O2/c1-8-18(5)12-22(16-31-10-3)24(26(34)35)17-33(11-4)32-25(20(7)9-2)21-13-19(6)14-23(15-21)27(28,29)30/h10-17,20H,4,8-9H2,1-3,5-7H3,(H,34,35)/b18-12+,22-16+,24-17+,31-10?,32-25+. The van der Waals surface area contributed by atoms with Crippen LogP contribution in [0.15, 0.2) is 76.3 Å². The maximum absolute atomic E-state index is 13.4. The third-order valence-corrected chi connectivity index (χ3v) is 5.31. The number of aryl methyl sites for hydroxylation is 1. The number of rotatable bonds is 11. The lowest BCUT2D eigenvalue weighted by molar-refractivity contribution is -0.137. The number of aliphatic carboxylic acids is 1. The average Bonchev–Trinajstić information content (AvgIpc) is 2.80. The molecule has 0 radical (unpaired) electrons. The van der Waals surface area contributed by atoms with Gasteiger partial charge in [-0.1, -0.05) is 45.1 Å². The summed E-state index contributed by atoms with van der Waals surface area (Å²) >= 11 is 0. The summed E-state index contributed by atoms with van der Waals surface area (Å²) < 4.78 is 40.3. The van der Waals surface area contributed by atoms with E-state index in [9.17, 15) is 23.1 Å². The van der Waals surface area contributed by atoms with Crippen molar-refractivity contribution in [1.82, 2.24) is 5.01 Å². The largest absolute Gasteiger partial charge is 0.478 e. The van der Waals surface area contributed by atoms with E-state index in [0.29, 0.717) is 28.8 Å². The van der Waals surface area contributed by atoms with E-state index in [0.717, 1.165) is 24.1 Å². The quantitative estimate of drug-likeness (QED) is 0.151. The van der Waals surface area contributed by atoms with Crippen molar-refractivity contribution >= 4 is 17.9 Å². The number of carboxylic acids is 1. The second-order valence-electron chi connectivity index (χ2n) is 8.13. The number of halogens is 3. The number of carbonyl (C=O) groups is 1. The van der Waals surface area contributed by atoms with E-state index < -0.39 is 17.7 Å². The first-order valence-corrected chi connectivity index (χ1v) is 11.4. The van der Waals surface area contributed by atoms with Crippen LogP contribution in [0.5, 0.6) is 0 Å². The molecule has 1 rings (SSSR count). The third-order valence-electron chi connectivity index (χ3n) is 5.31. The molecule has 5 nitrogen and oxygen atoms in total. The van der Waals surface area contributed by atoms with Crippen LogP contribution in [0.2, 0.25) is 0 Å². The van der Waals surface area contributed by atoms with Gasteiger partial charge in [0.2, 0.25) is 0 Å². The summed E-state index contributed by atoms with van der Waals surface area (Å²) in [5.74, 6) is -1.41. The lowest BCUT2D eigenvalue weighted by Crippen LogP contribution is -2.19. The van der Waals surface area contributed by atoms with Gasteiger partial charge in [0.25, 0.3) is 0 Å². The minimum atomic E-state index is -4.50. The van der Waals surface area contributed by atoms with Crippen LogP contribution >= 0.6 is 0 Å². The van der Waals surface area contributed by atoms with Crippen LogP contribution in [-0.2, 0) is 11.0 Å². The van der Waals surface area contributed by atoms with E-state index in [1.807, 2.05) is 27.7 Å². The molecule has 1 unspecified atom stereocenters. The topological polar surface area (TPSA) is 65.3 Å². The Bertz CT molecular complexity index is 1060. The normalized spacial score (nSPS) is 14.9. The van der Waals surface area contributed by atoms with Gasteiger partial charge in [-0.05, 0) is 56.9 Å². The first-order valence-electron chi connectivity index (χ1n) is 11.4. The van der Waals surface area contributed by atoms with Crippen molar-refractivity contribution in [2.45, 2.75) is 60.6 Å². The Morgan fingerprint density at radius 3 is 2.40 bits per heavy atom. The zero-order valence-corrected chi connectivity index (χ0v) is 21.1. The van der Waals surface area contributed by atoms with Crippen LogP contribution in [-0.4, -0.2) is 28.0 Å². The summed E-state index contributed by atoms with van der Waals surface area (Å²) in [5.41, 5.74) is 1.60. The fourth-order valence-electron chi connectivity index (χ4n) is 3.07. The Kier molecular flexibility index (Phi) is 11.4. The second kappa shape index (κ2) is 13.5. The number of nitrogens with zero attached hydrogens (tertiary/aromatic N) is 3. The molecular formula is C27H34F3N3O2. The fourth-order valence-corrected chi connectivity index (χ4v) is 3.07. The molecule has 0 amide bonds. The Morgan fingerprint density at radius 1 is 1.26 bits per heavy atom. The van der Waals surface area contributed by atoms with Gasteiger partial charge in [0.1, 0.15) is 0 Å². The van der Waals surface area contributed by atoms with Crippen LogP contribution in [0, 0.1) is 12.8 Å². The summed E-state index contributed by atoms with van der Waals surface area (Å²) in [6.07, 6.45) is 4.13. The highest BCUT2D eigenvalue weighted by Gasteiger charge is 2.31. The molecule has 0 aromatic heterocycles. The molecule has 0 saturated heterocycles. The van der Waals surface area contributed by atoms with E-state index in [2.05, 4.69) is 16.7 Å². The van der Waals surface area contributed by atoms with E-state index in [1.165, 1.54) is 29.8 Å². The van der Waals surface area contributed by atoms with Gasteiger partial charge in [-0.3, -0.25) is 4.99 Å². The van der Waals surface area contributed by atoms with Gasteiger partial charge in [-0.2, -0.15) is 18.3 Å². The van der Waals surface area contributed by atoms with Gasteiger partial charge in [0.05, 0.1) is 16.8 Å². The molecule has 0 fully saturated rings. The average molecular weight is 490 g/mol. The highest BCUT2D eigenvalue weighted by molar-refractivity contribution is 6.02. The summed E-state index contributed by atoms with van der Waals surface area (Å²) in [6.45, 7) is 14.6. The molecule has 0 bridgehead atoms. The molecule has 190 valence electrons. The Labute approximate surface area is 205 Å². The van der Waals surface area contributed by atoms with Gasteiger partial charge < -0.3 is 5.11 Å². The Balaban J connectivity index is 3.77. The van der Waals surface area contributed by atoms with Crippen molar-refractivity contribution in [1.29, 1.82) is 0 Å². The first-order chi connectivity index (χ1) is 16.4. The van der Waals surface area contributed by atoms with Gasteiger partial charge in [0, 0.05) is 36.3 Å². The number of allylic oxidation sites excluding steroid dienone is 2. The van der Waals surface area contributed by atoms with Gasteiger partial charge in [-0.15, -0.1) is 0 Å². The molecule has 1 atom stereocenters. The van der Waals surface area contributed by atoms with Crippen molar-refractivity contribution < 1.29 is 23.1 Å². The van der Waals surface area contributed by atoms with Crippen molar-refractivity contribution in [3.05, 3.63) is 82.9 Å². The molecule has 35 heavy (non-hydrogen) atoms. The molecule has 0 spiro atoms. The van der Waals surface area contributed by atoms with Crippen LogP contribution in [0.3, 0.4) is 0 Å². The predicted molar refractivity (Wildman–Crippen MR) is 136 cm³/mol. The highest BCUT2D eigenvalue weighted by atomic mass is 19.4. The number of hydrogen-bond acceptors (Lipinski definition) is 4. The van der Waals surface area contributed by atoms with E-state index in [-0.39, 0.29) is 11.5 Å². The summed E-state index contributed by atoms with van der Waals surface area (Å²) in [7, 11) is 0. The molecule has 0 aliphatic carbocycles. The minimum absolute atomic E-state index is 0.0872. The summed E-state index contributed by atoms with van der Waals surface area (Å²) in [4.78, 5) is 16.2. The van der Waals surface area contributed by atoms with Gasteiger partial charge >= 0.3 is 12.1 Å².